The molecule has 0 saturated heterocycles. The summed E-state index contributed by atoms with van der Waals surface area (Å²) in [6, 6.07) is 4.08. The molecule has 20 heavy (non-hydrogen) atoms. The summed E-state index contributed by atoms with van der Waals surface area (Å²) in [6.07, 6.45) is 6.06. The molecule has 0 spiro atoms. The van der Waals surface area contributed by atoms with Gasteiger partial charge in [0.15, 0.2) is 0 Å². The minimum atomic E-state index is -0.0640. The highest BCUT2D eigenvalue weighted by molar-refractivity contribution is 5.93. The number of rotatable bonds is 5. The van der Waals surface area contributed by atoms with Gasteiger partial charge in [-0.3, -0.25) is 9.48 Å². The van der Waals surface area contributed by atoms with Gasteiger partial charge >= 0.3 is 0 Å². The molecule has 3 rings (SSSR count). The van der Waals surface area contributed by atoms with Crippen LogP contribution in [0.4, 0.5) is 0 Å². The zero-order valence-electron chi connectivity index (χ0n) is 12.0. The molecule has 1 N–H and O–H groups in total. The van der Waals surface area contributed by atoms with Gasteiger partial charge < -0.3 is 9.88 Å². The Morgan fingerprint density at radius 3 is 2.90 bits per heavy atom. The molecule has 1 aliphatic rings. The van der Waals surface area contributed by atoms with Crippen LogP contribution < -0.4 is 5.32 Å². The SMILES string of the molecule is Cc1ccc(CNC(=O)c2cnn(CC3CC3)c2)n1C. The first kappa shape index (κ1) is 13.0. The van der Waals surface area contributed by atoms with Crippen molar-refractivity contribution in [2.45, 2.75) is 32.9 Å². The molecule has 106 valence electrons. The predicted molar refractivity (Wildman–Crippen MR) is 76.3 cm³/mol. The minimum absolute atomic E-state index is 0.0640. The van der Waals surface area contributed by atoms with E-state index in [1.165, 1.54) is 18.5 Å². The van der Waals surface area contributed by atoms with Gasteiger partial charge in [-0.15, -0.1) is 0 Å². The lowest BCUT2D eigenvalue weighted by atomic mass is 10.3. The van der Waals surface area contributed by atoms with E-state index in [0.717, 1.165) is 18.2 Å². The normalized spacial score (nSPS) is 14.5. The number of aromatic nitrogens is 3. The van der Waals surface area contributed by atoms with Crippen LogP contribution in [0.5, 0.6) is 0 Å². The summed E-state index contributed by atoms with van der Waals surface area (Å²) in [4.78, 5) is 12.1. The van der Waals surface area contributed by atoms with E-state index in [2.05, 4.69) is 21.0 Å². The highest BCUT2D eigenvalue weighted by atomic mass is 16.1. The van der Waals surface area contributed by atoms with Crippen LogP contribution in [0.25, 0.3) is 0 Å². The fraction of sp³-hybridized carbons (Fsp3) is 0.467. The van der Waals surface area contributed by atoms with Crippen LogP contribution in [-0.2, 0) is 20.1 Å². The summed E-state index contributed by atoms with van der Waals surface area (Å²) >= 11 is 0. The molecule has 5 heteroatoms. The van der Waals surface area contributed by atoms with Crippen molar-refractivity contribution in [1.82, 2.24) is 19.7 Å². The third kappa shape index (κ3) is 2.76. The van der Waals surface area contributed by atoms with Crippen molar-refractivity contribution in [2.75, 3.05) is 0 Å². The first-order valence-corrected chi connectivity index (χ1v) is 7.05. The fourth-order valence-corrected chi connectivity index (χ4v) is 2.26. The number of nitrogens with zero attached hydrogens (tertiary/aromatic N) is 3. The molecule has 0 bridgehead atoms. The summed E-state index contributed by atoms with van der Waals surface area (Å²) in [5.41, 5.74) is 2.92. The van der Waals surface area contributed by atoms with E-state index in [0.29, 0.717) is 12.1 Å². The topological polar surface area (TPSA) is 51.9 Å². The molecule has 0 aliphatic heterocycles. The third-order valence-corrected chi connectivity index (χ3v) is 3.94. The van der Waals surface area contributed by atoms with Gasteiger partial charge in [-0.2, -0.15) is 5.10 Å². The van der Waals surface area contributed by atoms with Crippen molar-refractivity contribution >= 4 is 5.91 Å². The van der Waals surface area contributed by atoms with Crippen LogP contribution in [0.2, 0.25) is 0 Å². The molecular weight excluding hydrogens is 252 g/mol. The van der Waals surface area contributed by atoms with E-state index >= 15 is 0 Å². The second-order valence-electron chi connectivity index (χ2n) is 5.60. The Hall–Kier alpha value is -2.04. The van der Waals surface area contributed by atoms with Crippen LogP contribution >= 0.6 is 0 Å². The molecule has 1 aliphatic carbocycles. The molecule has 2 aromatic rings. The summed E-state index contributed by atoms with van der Waals surface area (Å²) in [5, 5.41) is 7.18. The first-order chi connectivity index (χ1) is 9.63. The first-order valence-electron chi connectivity index (χ1n) is 7.05. The van der Waals surface area contributed by atoms with Crippen molar-refractivity contribution in [3.05, 3.63) is 41.5 Å². The maximum atomic E-state index is 12.1. The number of carbonyl (C=O) groups is 1. The van der Waals surface area contributed by atoms with Crippen LogP contribution in [0, 0.1) is 12.8 Å². The lowest BCUT2D eigenvalue weighted by Crippen LogP contribution is -2.23. The predicted octanol–water partition coefficient (Wildman–Crippen LogP) is 1.87. The Kier molecular flexibility index (Phi) is 3.34. The van der Waals surface area contributed by atoms with E-state index < -0.39 is 0 Å². The Balaban J connectivity index is 1.58. The van der Waals surface area contributed by atoms with Gasteiger partial charge in [-0.25, -0.2) is 0 Å². The molecule has 0 unspecified atom stereocenters. The number of nitrogens with one attached hydrogen (secondary N) is 1. The lowest BCUT2D eigenvalue weighted by molar-refractivity contribution is 0.0950. The van der Waals surface area contributed by atoms with E-state index in [-0.39, 0.29) is 5.91 Å². The van der Waals surface area contributed by atoms with E-state index in [1.807, 2.05) is 30.9 Å². The average molecular weight is 272 g/mol. The number of hydrogen-bond donors (Lipinski definition) is 1. The van der Waals surface area contributed by atoms with Crippen molar-refractivity contribution in [2.24, 2.45) is 13.0 Å². The monoisotopic (exact) mass is 272 g/mol. The molecule has 5 nitrogen and oxygen atoms in total. The van der Waals surface area contributed by atoms with Crippen LogP contribution in [0.15, 0.2) is 24.5 Å². The van der Waals surface area contributed by atoms with Crippen LogP contribution in [-0.4, -0.2) is 20.3 Å². The molecule has 2 aromatic heterocycles. The smallest absolute Gasteiger partial charge is 0.254 e. The van der Waals surface area contributed by atoms with E-state index in [1.54, 1.807) is 6.20 Å². The Morgan fingerprint density at radius 2 is 2.25 bits per heavy atom. The van der Waals surface area contributed by atoms with Crippen molar-refractivity contribution in [1.29, 1.82) is 0 Å². The minimum Gasteiger partial charge on any atom is -0.350 e. The number of carbonyl (C=O) groups excluding carboxylic acids is 1. The van der Waals surface area contributed by atoms with Gasteiger partial charge in [0.25, 0.3) is 5.91 Å². The standard InChI is InChI=1S/C15H20N4O/c1-11-3-6-14(18(11)2)8-16-15(20)13-7-17-19(10-13)9-12-4-5-12/h3,6-7,10,12H,4-5,8-9H2,1-2H3,(H,16,20). The molecule has 0 radical (unpaired) electrons. The van der Waals surface area contributed by atoms with Gasteiger partial charge in [0.2, 0.25) is 0 Å². The Labute approximate surface area is 118 Å². The highest BCUT2D eigenvalue weighted by Crippen LogP contribution is 2.30. The second kappa shape index (κ2) is 5.15. The number of aryl methyl sites for hydroxylation is 1. The van der Waals surface area contributed by atoms with Gasteiger partial charge in [0.05, 0.1) is 18.3 Å². The summed E-state index contributed by atoms with van der Waals surface area (Å²) in [5.74, 6) is 0.697. The quantitative estimate of drug-likeness (QED) is 0.903. The number of hydrogen-bond acceptors (Lipinski definition) is 2. The molecule has 1 amide bonds. The van der Waals surface area contributed by atoms with Gasteiger partial charge in [0, 0.05) is 31.2 Å². The largest absolute Gasteiger partial charge is 0.350 e. The summed E-state index contributed by atoms with van der Waals surface area (Å²) in [6.45, 7) is 3.52. The number of amides is 1. The van der Waals surface area contributed by atoms with E-state index in [9.17, 15) is 4.79 Å². The van der Waals surface area contributed by atoms with E-state index in [4.69, 9.17) is 0 Å². The van der Waals surface area contributed by atoms with Crippen LogP contribution in [0.3, 0.4) is 0 Å². The fourth-order valence-electron chi connectivity index (χ4n) is 2.26. The van der Waals surface area contributed by atoms with Crippen LogP contribution in [0.1, 0.15) is 34.6 Å². The molecule has 1 saturated carbocycles. The molecular formula is C15H20N4O. The maximum Gasteiger partial charge on any atom is 0.254 e. The second-order valence-corrected chi connectivity index (χ2v) is 5.60. The summed E-state index contributed by atoms with van der Waals surface area (Å²) < 4.78 is 3.95. The lowest BCUT2D eigenvalue weighted by Gasteiger charge is -2.06. The van der Waals surface area contributed by atoms with Crippen molar-refractivity contribution in [3.63, 3.8) is 0 Å². The zero-order valence-corrected chi connectivity index (χ0v) is 12.0. The van der Waals surface area contributed by atoms with Gasteiger partial charge in [-0.1, -0.05) is 0 Å². The highest BCUT2D eigenvalue weighted by Gasteiger charge is 2.22. The molecule has 0 aromatic carbocycles. The Bertz CT molecular complexity index is 622. The Morgan fingerprint density at radius 1 is 1.45 bits per heavy atom. The molecule has 2 heterocycles. The van der Waals surface area contributed by atoms with Gasteiger partial charge in [-0.05, 0) is 37.8 Å². The summed E-state index contributed by atoms with van der Waals surface area (Å²) in [7, 11) is 2.00. The van der Waals surface area contributed by atoms with Gasteiger partial charge in [0.1, 0.15) is 0 Å². The molecule has 0 atom stereocenters. The zero-order chi connectivity index (χ0) is 14.1. The maximum absolute atomic E-state index is 12.1. The van der Waals surface area contributed by atoms with Crippen molar-refractivity contribution < 1.29 is 4.79 Å². The molecule has 1 fully saturated rings. The van der Waals surface area contributed by atoms with Crippen molar-refractivity contribution in [3.8, 4) is 0 Å². The third-order valence-electron chi connectivity index (χ3n) is 3.94. The average Bonchev–Trinajstić information content (AvgIpc) is 3.02.